The molecule has 144 valence electrons. The molecule has 1 unspecified atom stereocenters. The fourth-order valence-electron chi connectivity index (χ4n) is 4.02. The Morgan fingerprint density at radius 3 is 2.71 bits per heavy atom. The van der Waals surface area contributed by atoms with Crippen molar-refractivity contribution < 1.29 is 4.79 Å². The van der Waals surface area contributed by atoms with Crippen molar-refractivity contribution >= 4 is 16.8 Å². The van der Waals surface area contributed by atoms with E-state index in [0.717, 1.165) is 36.7 Å². The van der Waals surface area contributed by atoms with Crippen molar-refractivity contribution in [2.45, 2.75) is 38.8 Å². The van der Waals surface area contributed by atoms with E-state index in [9.17, 15) is 4.79 Å². The zero-order valence-electron chi connectivity index (χ0n) is 16.3. The topological polar surface area (TPSA) is 48.1 Å². The summed E-state index contributed by atoms with van der Waals surface area (Å²) in [7, 11) is 0. The molecule has 28 heavy (non-hydrogen) atoms. The van der Waals surface area contributed by atoms with Crippen LogP contribution in [0.3, 0.4) is 0 Å². The van der Waals surface area contributed by atoms with E-state index in [0.29, 0.717) is 12.2 Å². The maximum atomic E-state index is 13.2. The number of para-hydroxylation sites is 1. The minimum Gasteiger partial charge on any atom is -0.384 e. The molecule has 3 aromatic rings. The summed E-state index contributed by atoms with van der Waals surface area (Å²) in [5.74, 6) is 0.0907. The lowest BCUT2D eigenvalue weighted by Gasteiger charge is -2.34. The molecular weight excluding hydrogens is 346 g/mol. The molecule has 2 aromatic carbocycles. The minimum absolute atomic E-state index is 0.0907. The van der Waals surface area contributed by atoms with E-state index in [-0.39, 0.29) is 11.9 Å². The van der Waals surface area contributed by atoms with E-state index in [2.05, 4.69) is 47.6 Å². The molecule has 1 heterocycles. The summed E-state index contributed by atoms with van der Waals surface area (Å²) < 4.78 is 0. The fraction of sp³-hybridized carbons (Fsp3) is 0.292. The van der Waals surface area contributed by atoms with Gasteiger partial charge in [-0.15, -0.1) is 0 Å². The third-order valence-electron chi connectivity index (χ3n) is 5.51. The highest BCUT2D eigenvalue weighted by Gasteiger charge is 2.27. The van der Waals surface area contributed by atoms with Crippen LogP contribution >= 0.6 is 0 Å². The molecule has 0 bridgehead atoms. The summed E-state index contributed by atoms with van der Waals surface area (Å²) in [5, 5.41) is 4.64. The number of amides is 1. The SMILES string of the molecule is CCN(C(=O)c1cc2ccccc2[nH]1)C1CCC=C(NCc2ccccc2)C1. The van der Waals surface area contributed by atoms with Crippen LogP contribution in [0.2, 0.25) is 0 Å². The number of H-pyrrole nitrogens is 1. The van der Waals surface area contributed by atoms with Crippen LogP contribution in [0.1, 0.15) is 42.2 Å². The zero-order chi connectivity index (χ0) is 19.3. The summed E-state index contributed by atoms with van der Waals surface area (Å²) in [4.78, 5) is 18.5. The van der Waals surface area contributed by atoms with Gasteiger partial charge >= 0.3 is 0 Å². The molecule has 0 saturated heterocycles. The van der Waals surface area contributed by atoms with Crippen molar-refractivity contribution in [3.05, 3.63) is 83.7 Å². The second-order valence-corrected chi connectivity index (χ2v) is 7.37. The monoisotopic (exact) mass is 373 g/mol. The predicted octanol–water partition coefficient (Wildman–Crippen LogP) is 4.86. The van der Waals surface area contributed by atoms with Gasteiger partial charge in [-0.05, 0) is 37.5 Å². The number of aromatic amines is 1. The van der Waals surface area contributed by atoms with Crippen molar-refractivity contribution in [2.24, 2.45) is 0 Å². The van der Waals surface area contributed by atoms with Gasteiger partial charge in [0, 0.05) is 42.2 Å². The van der Waals surface area contributed by atoms with Gasteiger partial charge in [-0.2, -0.15) is 0 Å². The van der Waals surface area contributed by atoms with Crippen LogP contribution in [0.4, 0.5) is 0 Å². The summed E-state index contributed by atoms with van der Waals surface area (Å²) >= 11 is 0. The molecule has 1 amide bonds. The Bertz CT molecular complexity index is 941. The predicted molar refractivity (Wildman–Crippen MR) is 114 cm³/mol. The number of benzene rings is 2. The average molecular weight is 374 g/mol. The first-order chi connectivity index (χ1) is 13.7. The number of fused-ring (bicyclic) bond motifs is 1. The molecule has 0 radical (unpaired) electrons. The largest absolute Gasteiger partial charge is 0.384 e. The first-order valence-corrected chi connectivity index (χ1v) is 10.1. The smallest absolute Gasteiger partial charge is 0.270 e. The molecular formula is C24H27N3O. The van der Waals surface area contributed by atoms with Crippen molar-refractivity contribution in [2.75, 3.05) is 6.54 Å². The van der Waals surface area contributed by atoms with Gasteiger partial charge in [-0.3, -0.25) is 4.79 Å². The molecule has 1 aliphatic rings. The summed E-state index contributed by atoms with van der Waals surface area (Å²) in [6, 6.07) is 20.6. The third-order valence-corrected chi connectivity index (χ3v) is 5.51. The Balaban J connectivity index is 1.44. The van der Waals surface area contributed by atoms with Crippen LogP contribution < -0.4 is 5.32 Å². The van der Waals surface area contributed by atoms with Crippen LogP contribution in [0.15, 0.2) is 72.4 Å². The molecule has 2 N–H and O–H groups in total. The second-order valence-electron chi connectivity index (χ2n) is 7.37. The summed E-state index contributed by atoms with van der Waals surface area (Å²) in [5.41, 5.74) is 4.20. The third kappa shape index (κ3) is 3.96. The lowest BCUT2D eigenvalue weighted by Crippen LogP contribution is -2.42. The summed E-state index contributed by atoms with van der Waals surface area (Å²) in [6.45, 7) is 3.60. The normalized spacial score (nSPS) is 16.6. The second kappa shape index (κ2) is 8.34. The van der Waals surface area contributed by atoms with Gasteiger partial charge in [0.25, 0.3) is 5.91 Å². The van der Waals surface area contributed by atoms with Crippen LogP contribution in [0.5, 0.6) is 0 Å². The zero-order valence-corrected chi connectivity index (χ0v) is 16.3. The lowest BCUT2D eigenvalue weighted by atomic mass is 9.96. The molecule has 0 saturated carbocycles. The number of aromatic nitrogens is 1. The standard InChI is InChI=1S/C24H27N3O/c1-2-27(24(28)23-15-19-11-6-7-14-22(19)26-23)21-13-8-12-20(16-21)25-17-18-9-4-3-5-10-18/h3-7,9-12,14-15,21,25-26H,2,8,13,16-17H2,1H3. The van der Waals surface area contributed by atoms with Gasteiger partial charge in [-0.25, -0.2) is 0 Å². The number of hydrogen-bond acceptors (Lipinski definition) is 2. The maximum Gasteiger partial charge on any atom is 0.270 e. The first-order valence-electron chi connectivity index (χ1n) is 10.1. The van der Waals surface area contributed by atoms with E-state index in [1.165, 1.54) is 11.3 Å². The minimum atomic E-state index is 0.0907. The Morgan fingerprint density at radius 2 is 1.93 bits per heavy atom. The first kappa shape index (κ1) is 18.4. The molecule has 0 aliphatic heterocycles. The highest BCUT2D eigenvalue weighted by atomic mass is 16.2. The molecule has 1 aliphatic carbocycles. The molecule has 4 heteroatoms. The van der Waals surface area contributed by atoms with Crippen LogP contribution in [0, 0.1) is 0 Å². The van der Waals surface area contributed by atoms with E-state index in [1.54, 1.807) is 0 Å². The highest BCUT2D eigenvalue weighted by Crippen LogP contribution is 2.24. The molecule has 0 fully saturated rings. The van der Waals surface area contributed by atoms with Crippen LogP contribution in [0.25, 0.3) is 10.9 Å². The fourth-order valence-corrected chi connectivity index (χ4v) is 4.02. The Kier molecular flexibility index (Phi) is 5.47. The van der Waals surface area contributed by atoms with Gasteiger partial charge in [0.2, 0.25) is 0 Å². The van der Waals surface area contributed by atoms with Crippen molar-refractivity contribution in [1.29, 1.82) is 0 Å². The number of nitrogens with zero attached hydrogens (tertiary/aromatic N) is 1. The average Bonchev–Trinajstić information content (AvgIpc) is 3.18. The van der Waals surface area contributed by atoms with Gasteiger partial charge in [0.05, 0.1) is 0 Å². The van der Waals surface area contributed by atoms with E-state index < -0.39 is 0 Å². The highest BCUT2D eigenvalue weighted by molar-refractivity contribution is 5.98. The van der Waals surface area contributed by atoms with E-state index >= 15 is 0 Å². The quantitative estimate of drug-likeness (QED) is 0.648. The maximum absolute atomic E-state index is 13.2. The van der Waals surface area contributed by atoms with Crippen LogP contribution in [-0.4, -0.2) is 28.4 Å². The van der Waals surface area contributed by atoms with Gasteiger partial charge in [0.1, 0.15) is 5.69 Å². The number of rotatable bonds is 6. The van der Waals surface area contributed by atoms with E-state index in [1.807, 2.05) is 41.3 Å². The molecule has 0 spiro atoms. The van der Waals surface area contributed by atoms with Crippen LogP contribution in [-0.2, 0) is 6.54 Å². The number of allylic oxidation sites excluding steroid dienone is 1. The van der Waals surface area contributed by atoms with Crippen molar-refractivity contribution in [3.63, 3.8) is 0 Å². The van der Waals surface area contributed by atoms with Gasteiger partial charge in [-0.1, -0.05) is 54.6 Å². The van der Waals surface area contributed by atoms with Crippen molar-refractivity contribution in [1.82, 2.24) is 15.2 Å². The molecule has 4 rings (SSSR count). The lowest BCUT2D eigenvalue weighted by molar-refractivity contribution is 0.0669. The van der Waals surface area contributed by atoms with Crippen molar-refractivity contribution in [3.8, 4) is 0 Å². The Labute approximate surface area is 166 Å². The number of nitrogens with one attached hydrogen (secondary N) is 2. The molecule has 1 atom stereocenters. The van der Waals surface area contributed by atoms with Gasteiger partial charge < -0.3 is 15.2 Å². The number of hydrogen-bond donors (Lipinski definition) is 2. The summed E-state index contributed by atoms with van der Waals surface area (Å²) in [6.07, 6.45) is 5.17. The molecule has 4 nitrogen and oxygen atoms in total. The van der Waals surface area contributed by atoms with E-state index in [4.69, 9.17) is 0 Å². The van der Waals surface area contributed by atoms with Gasteiger partial charge in [0.15, 0.2) is 0 Å². The number of carbonyl (C=O) groups is 1. The number of carbonyl (C=O) groups excluding carboxylic acids is 1. The Morgan fingerprint density at radius 1 is 1.14 bits per heavy atom. The molecule has 1 aromatic heterocycles. The Hall–Kier alpha value is -3.01.